The number of aromatic nitrogens is 1. The van der Waals surface area contributed by atoms with Crippen molar-refractivity contribution < 1.29 is 14.3 Å². The number of nitrogens with one attached hydrogen (secondary N) is 2. The number of para-hydroxylation sites is 1. The average molecular weight is 313 g/mol. The summed E-state index contributed by atoms with van der Waals surface area (Å²) in [5.41, 5.74) is 1.17. The highest BCUT2D eigenvalue weighted by atomic mass is 16.5. The maximum atomic E-state index is 12.4. The van der Waals surface area contributed by atoms with Gasteiger partial charge in [-0.2, -0.15) is 0 Å². The number of carbonyl (C=O) groups excluding carboxylic acids is 2. The van der Waals surface area contributed by atoms with Crippen LogP contribution < -0.4 is 10.6 Å². The second kappa shape index (κ2) is 7.93. The molecule has 0 fully saturated rings. The summed E-state index contributed by atoms with van der Waals surface area (Å²) in [6.07, 6.45) is 2.53. The van der Waals surface area contributed by atoms with Gasteiger partial charge >= 0.3 is 5.97 Å². The van der Waals surface area contributed by atoms with E-state index in [1.807, 2.05) is 6.92 Å². The van der Waals surface area contributed by atoms with Gasteiger partial charge in [-0.05, 0) is 30.7 Å². The van der Waals surface area contributed by atoms with Gasteiger partial charge in [0.25, 0.3) is 5.91 Å². The van der Waals surface area contributed by atoms with Crippen LogP contribution >= 0.6 is 0 Å². The molecule has 120 valence electrons. The van der Waals surface area contributed by atoms with Crippen LogP contribution in [-0.4, -0.2) is 30.5 Å². The maximum Gasteiger partial charge on any atom is 0.339 e. The highest BCUT2D eigenvalue weighted by Gasteiger charge is 2.14. The number of benzene rings is 1. The van der Waals surface area contributed by atoms with E-state index >= 15 is 0 Å². The summed E-state index contributed by atoms with van der Waals surface area (Å²) >= 11 is 0. The number of methoxy groups -OCH3 is 1. The Labute approximate surface area is 134 Å². The normalized spacial score (nSPS) is 10.0. The monoisotopic (exact) mass is 313 g/mol. The summed E-state index contributed by atoms with van der Waals surface area (Å²) in [6, 6.07) is 9.99. The van der Waals surface area contributed by atoms with Gasteiger partial charge < -0.3 is 15.4 Å². The lowest BCUT2D eigenvalue weighted by Crippen LogP contribution is -2.16. The first-order valence-electron chi connectivity index (χ1n) is 7.34. The van der Waals surface area contributed by atoms with Crippen LogP contribution in [0.3, 0.4) is 0 Å². The zero-order valence-electron chi connectivity index (χ0n) is 13.1. The van der Waals surface area contributed by atoms with Crippen LogP contribution in [0.5, 0.6) is 0 Å². The molecule has 1 aromatic carbocycles. The van der Waals surface area contributed by atoms with Crippen molar-refractivity contribution in [2.24, 2.45) is 0 Å². The molecule has 0 saturated carbocycles. The van der Waals surface area contributed by atoms with Crippen LogP contribution in [0.4, 0.5) is 11.5 Å². The third kappa shape index (κ3) is 4.29. The van der Waals surface area contributed by atoms with E-state index in [0.717, 1.165) is 13.0 Å². The number of carbonyl (C=O) groups is 2. The van der Waals surface area contributed by atoms with E-state index in [2.05, 4.69) is 15.6 Å². The molecule has 0 unspecified atom stereocenters. The lowest BCUT2D eigenvalue weighted by molar-refractivity contribution is 0.0602. The summed E-state index contributed by atoms with van der Waals surface area (Å²) in [7, 11) is 1.30. The molecule has 0 saturated heterocycles. The highest BCUT2D eigenvalue weighted by Crippen LogP contribution is 2.17. The molecular formula is C17H19N3O3. The summed E-state index contributed by atoms with van der Waals surface area (Å²) in [5, 5.41) is 5.86. The number of hydrogen-bond donors (Lipinski definition) is 2. The van der Waals surface area contributed by atoms with Gasteiger partial charge in [0.05, 0.1) is 18.4 Å². The number of amides is 1. The molecule has 1 heterocycles. The lowest BCUT2D eigenvalue weighted by Gasteiger charge is -2.10. The second-order valence-electron chi connectivity index (χ2n) is 4.85. The molecular weight excluding hydrogens is 294 g/mol. The minimum atomic E-state index is -0.499. The number of pyridine rings is 1. The van der Waals surface area contributed by atoms with Crippen LogP contribution in [0.15, 0.2) is 42.6 Å². The molecule has 0 atom stereocenters. The van der Waals surface area contributed by atoms with Crippen LogP contribution in [0, 0.1) is 0 Å². The topological polar surface area (TPSA) is 80.3 Å². The number of nitrogens with zero attached hydrogens (tertiary/aromatic N) is 1. The smallest absolute Gasteiger partial charge is 0.339 e. The molecule has 2 rings (SSSR count). The molecule has 2 N–H and O–H groups in total. The zero-order valence-corrected chi connectivity index (χ0v) is 13.1. The number of esters is 1. The zero-order chi connectivity index (χ0) is 16.7. The van der Waals surface area contributed by atoms with Crippen molar-refractivity contribution in [3.8, 4) is 0 Å². The van der Waals surface area contributed by atoms with E-state index in [1.54, 1.807) is 42.6 Å². The number of rotatable bonds is 6. The van der Waals surface area contributed by atoms with Crippen molar-refractivity contribution in [2.75, 3.05) is 24.3 Å². The van der Waals surface area contributed by atoms with Crippen LogP contribution in [0.2, 0.25) is 0 Å². The Morgan fingerprint density at radius 1 is 1.22 bits per heavy atom. The molecule has 1 aromatic heterocycles. The Morgan fingerprint density at radius 2 is 2.00 bits per heavy atom. The van der Waals surface area contributed by atoms with Crippen molar-refractivity contribution in [1.82, 2.24) is 4.98 Å². The Kier molecular flexibility index (Phi) is 5.68. The standard InChI is InChI=1S/C17H19N3O3/c1-3-9-18-15-11-12(8-10-19-15)16(21)20-14-7-5-4-6-13(14)17(22)23-2/h4-8,10-11H,3,9H2,1-2H3,(H,18,19)(H,20,21). The minimum Gasteiger partial charge on any atom is -0.465 e. The third-order valence-electron chi connectivity index (χ3n) is 3.16. The predicted molar refractivity (Wildman–Crippen MR) is 88.8 cm³/mol. The Hall–Kier alpha value is -2.89. The first-order valence-corrected chi connectivity index (χ1v) is 7.34. The maximum absolute atomic E-state index is 12.4. The molecule has 0 spiro atoms. The van der Waals surface area contributed by atoms with Gasteiger partial charge in [-0.25, -0.2) is 9.78 Å². The predicted octanol–water partition coefficient (Wildman–Crippen LogP) is 2.94. The van der Waals surface area contributed by atoms with Crippen molar-refractivity contribution >= 4 is 23.4 Å². The molecule has 6 nitrogen and oxygen atoms in total. The molecule has 0 aliphatic rings. The fourth-order valence-corrected chi connectivity index (χ4v) is 2.00. The Balaban J connectivity index is 2.18. The van der Waals surface area contributed by atoms with E-state index in [9.17, 15) is 9.59 Å². The van der Waals surface area contributed by atoms with Crippen molar-refractivity contribution in [3.05, 3.63) is 53.7 Å². The van der Waals surface area contributed by atoms with Gasteiger partial charge in [0, 0.05) is 18.3 Å². The van der Waals surface area contributed by atoms with E-state index in [0.29, 0.717) is 22.6 Å². The second-order valence-corrected chi connectivity index (χ2v) is 4.85. The molecule has 2 aromatic rings. The Morgan fingerprint density at radius 3 is 2.74 bits per heavy atom. The van der Waals surface area contributed by atoms with Gasteiger partial charge in [0.1, 0.15) is 5.82 Å². The van der Waals surface area contributed by atoms with Crippen molar-refractivity contribution in [2.45, 2.75) is 13.3 Å². The van der Waals surface area contributed by atoms with E-state index < -0.39 is 5.97 Å². The van der Waals surface area contributed by atoms with Crippen molar-refractivity contribution in [1.29, 1.82) is 0 Å². The molecule has 6 heteroatoms. The van der Waals surface area contributed by atoms with Crippen LogP contribution in [0.25, 0.3) is 0 Å². The minimum absolute atomic E-state index is 0.307. The van der Waals surface area contributed by atoms with Gasteiger partial charge in [-0.15, -0.1) is 0 Å². The van der Waals surface area contributed by atoms with Crippen molar-refractivity contribution in [3.63, 3.8) is 0 Å². The molecule has 0 aliphatic carbocycles. The molecule has 0 aliphatic heterocycles. The van der Waals surface area contributed by atoms with E-state index in [1.165, 1.54) is 7.11 Å². The highest BCUT2D eigenvalue weighted by molar-refractivity contribution is 6.08. The number of hydrogen-bond acceptors (Lipinski definition) is 5. The average Bonchev–Trinajstić information content (AvgIpc) is 2.60. The van der Waals surface area contributed by atoms with Crippen LogP contribution in [0.1, 0.15) is 34.1 Å². The molecule has 1 amide bonds. The summed E-state index contributed by atoms with van der Waals surface area (Å²) in [5.74, 6) is -0.176. The number of ether oxygens (including phenoxy) is 1. The molecule has 23 heavy (non-hydrogen) atoms. The molecule has 0 bridgehead atoms. The first kappa shape index (κ1) is 16.5. The summed E-state index contributed by atoms with van der Waals surface area (Å²) in [6.45, 7) is 2.83. The Bertz CT molecular complexity index is 701. The lowest BCUT2D eigenvalue weighted by atomic mass is 10.1. The van der Waals surface area contributed by atoms with Gasteiger partial charge in [0.15, 0.2) is 0 Å². The molecule has 0 radical (unpaired) electrons. The van der Waals surface area contributed by atoms with Crippen LogP contribution in [-0.2, 0) is 4.74 Å². The third-order valence-corrected chi connectivity index (χ3v) is 3.16. The van der Waals surface area contributed by atoms with E-state index in [-0.39, 0.29) is 5.91 Å². The SMILES string of the molecule is CCCNc1cc(C(=O)Nc2ccccc2C(=O)OC)ccn1. The largest absolute Gasteiger partial charge is 0.465 e. The van der Waals surface area contributed by atoms with E-state index in [4.69, 9.17) is 4.74 Å². The fourth-order valence-electron chi connectivity index (χ4n) is 2.00. The van der Waals surface area contributed by atoms with Gasteiger partial charge in [-0.3, -0.25) is 4.79 Å². The summed E-state index contributed by atoms with van der Waals surface area (Å²) < 4.78 is 4.72. The fraction of sp³-hybridized carbons (Fsp3) is 0.235. The van der Waals surface area contributed by atoms with Gasteiger partial charge in [0.2, 0.25) is 0 Å². The number of anilines is 2. The van der Waals surface area contributed by atoms with Gasteiger partial charge in [-0.1, -0.05) is 19.1 Å². The quantitative estimate of drug-likeness (QED) is 0.801. The first-order chi connectivity index (χ1) is 11.2. The summed E-state index contributed by atoms with van der Waals surface area (Å²) in [4.78, 5) is 28.3.